The van der Waals surface area contributed by atoms with Crippen LogP contribution >= 0.6 is 0 Å². The Morgan fingerprint density at radius 2 is 0.818 bits per heavy atom. The van der Waals surface area contributed by atoms with Gasteiger partial charge in [0.15, 0.2) is 0 Å². The number of benzene rings is 9. The van der Waals surface area contributed by atoms with Crippen LogP contribution < -0.4 is 4.90 Å². The summed E-state index contributed by atoms with van der Waals surface area (Å²) >= 11 is 0. The number of hydrogen-bond acceptors (Lipinski definition) is 1. The highest BCUT2D eigenvalue weighted by molar-refractivity contribution is 6.37. The summed E-state index contributed by atoms with van der Waals surface area (Å²) in [6.07, 6.45) is 0. The third kappa shape index (κ3) is 4.21. The fraction of sp³-hybridized carbons (Fsp3) is 0. The van der Waals surface area contributed by atoms with Crippen molar-refractivity contribution >= 4 is 71.4 Å². The number of nitrogens with zero attached hydrogens (tertiary/aromatic N) is 3. The summed E-state index contributed by atoms with van der Waals surface area (Å²) in [5.74, 6) is 0. The van der Waals surface area contributed by atoms with E-state index in [0.29, 0.717) is 0 Å². The molecule has 0 N–H and O–H groups in total. The molecule has 0 unspecified atom stereocenters. The molecule has 3 heteroatoms. The molecule has 0 bridgehead atoms. The van der Waals surface area contributed by atoms with Crippen molar-refractivity contribution in [3.05, 3.63) is 200 Å². The monoisotopic (exact) mass is 699 g/mol. The molecule has 256 valence electrons. The van der Waals surface area contributed by atoms with Crippen molar-refractivity contribution in [2.45, 2.75) is 0 Å². The van der Waals surface area contributed by atoms with Gasteiger partial charge in [-0.25, -0.2) is 0 Å². The molecule has 0 aliphatic heterocycles. The number of anilines is 3. The van der Waals surface area contributed by atoms with Crippen molar-refractivity contribution < 1.29 is 0 Å². The number of aromatic nitrogens is 2. The van der Waals surface area contributed by atoms with Gasteiger partial charge in [-0.2, -0.15) is 0 Å². The fourth-order valence-electron chi connectivity index (χ4n) is 9.45. The Labute approximate surface area is 318 Å². The Kier molecular flexibility index (Phi) is 6.34. The van der Waals surface area contributed by atoms with Crippen molar-refractivity contribution in [1.29, 1.82) is 0 Å². The maximum absolute atomic E-state index is 2.49. The van der Waals surface area contributed by atoms with E-state index in [2.05, 4.69) is 214 Å². The van der Waals surface area contributed by atoms with E-state index in [1.54, 1.807) is 0 Å². The molecule has 0 radical (unpaired) electrons. The maximum atomic E-state index is 2.49. The molecule has 2 heterocycles. The van der Waals surface area contributed by atoms with E-state index in [0.717, 1.165) is 28.4 Å². The Hall–Kier alpha value is -7.36. The van der Waals surface area contributed by atoms with Crippen LogP contribution in [0.25, 0.3) is 88.0 Å². The Balaban J connectivity index is 1.40. The Morgan fingerprint density at radius 1 is 0.309 bits per heavy atom. The zero-order valence-corrected chi connectivity index (χ0v) is 29.9. The first-order valence-electron chi connectivity index (χ1n) is 19.0. The number of para-hydroxylation sites is 5. The fourth-order valence-corrected chi connectivity index (χ4v) is 9.45. The zero-order chi connectivity index (χ0) is 36.0. The normalized spacial score (nSPS) is 12.0. The van der Waals surface area contributed by atoms with Crippen LogP contribution in [-0.4, -0.2) is 9.13 Å². The maximum Gasteiger partial charge on any atom is 0.0568 e. The lowest BCUT2D eigenvalue weighted by Gasteiger charge is -2.28. The second kappa shape index (κ2) is 11.6. The van der Waals surface area contributed by atoms with Crippen LogP contribution in [0, 0.1) is 0 Å². The quantitative estimate of drug-likeness (QED) is 0.174. The van der Waals surface area contributed by atoms with Gasteiger partial charge in [-0.3, -0.25) is 0 Å². The van der Waals surface area contributed by atoms with E-state index in [4.69, 9.17) is 0 Å². The van der Waals surface area contributed by atoms with Gasteiger partial charge in [0.1, 0.15) is 0 Å². The zero-order valence-electron chi connectivity index (χ0n) is 29.9. The summed E-state index contributed by atoms with van der Waals surface area (Å²) in [6, 6.07) is 73.2. The molecule has 12 rings (SSSR count). The molecular weight excluding hydrogens is 667 g/mol. The predicted molar refractivity (Wildman–Crippen MR) is 232 cm³/mol. The standard InChI is InChI=1S/C52H33N3/c1-5-18-34(19-6-1)53(35-20-7-2-8-21-35)45-33-47-52-48-39(29-17-31-44(48)55(47)37-24-11-4-12-25-37)38-26-13-14-27-40(38)50-49-41-28-15-16-30-43(41)54(36-22-9-3-10-23-36)46(49)32-42(45)51(50)52/h1-33H. The minimum Gasteiger partial charge on any atom is -0.310 e. The second-order valence-corrected chi connectivity index (χ2v) is 14.5. The lowest BCUT2D eigenvalue weighted by Crippen LogP contribution is -2.11. The molecule has 55 heavy (non-hydrogen) atoms. The molecule has 0 amide bonds. The summed E-state index contributed by atoms with van der Waals surface area (Å²) in [4.78, 5) is 2.45. The molecule has 11 aromatic rings. The van der Waals surface area contributed by atoms with Gasteiger partial charge < -0.3 is 14.0 Å². The van der Waals surface area contributed by atoms with Gasteiger partial charge in [0.2, 0.25) is 0 Å². The van der Waals surface area contributed by atoms with Gasteiger partial charge in [-0.1, -0.05) is 127 Å². The first-order chi connectivity index (χ1) is 27.3. The molecule has 2 aromatic heterocycles. The molecule has 0 fully saturated rings. The largest absolute Gasteiger partial charge is 0.310 e. The van der Waals surface area contributed by atoms with Gasteiger partial charge in [0.05, 0.1) is 27.8 Å². The Morgan fingerprint density at radius 3 is 1.49 bits per heavy atom. The van der Waals surface area contributed by atoms with Crippen LogP contribution in [0.4, 0.5) is 17.1 Å². The topological polar surface area (TPSA) is 13.1 Å². The molecule has 0 saturated heterocycles. The average Bonchev–Trinajstić information content (AvgIpc) is 3.73. The minimum absolute atomic E-state index is 1.11. The van der Waals surface area contributed by atoms with Crippen LogP contribution in [0.15, 0.2) is 200 Å². The van der Waals surface area contributed by atoms with E-state index in [-0.39, 0.29) is 0 Å². The highest BCUT2D eigenvalue weighted by atomic mass is 15.1. The lowest BCUT2D eigenvalue weighted by atomic mass is 9.89. The van der Waals surface area contributed by atoms with Gasteiger partial charge in [0, 0.05) is 60.6 Å². The molecular formula is C52H33N3. The van der Waals surface area contributed by atoms with Crippen LogP contribution in [0.3, 0.4) is 0 Å². The van der Waals surface area contributed by atoms with E-state index < -0.39 is 0 Å². The van der Waals surface area contributed by atoms with Crippen molar-refractivity contribution in [3.63, 3.8) is 0 Å². The highest BCUT2D eigenvalue weighted by Gasteiger charge is 2.31. The van der Waals surface area contributed by atoms with Crippen molar-refractivity contribution in [1.82, 2.24) is 9.13 Å². The molecule has 9 aromatic carbocycles. The number of hydrogen-bond donors (Lipinski definition) is 0. The van der Waals surface area contributed by atoms with Crippen LogP contribution in [-0.2, 0) is 0 Å². The van der Waals surface area contributed by atoms with Crippen LogP contribution in [0.5, 0.6) is 0 Å². The predicted octanol–water partition coefficient (Wildman–Crippen LogP) is 14.2. The van der Waals surface area contributed by atoms with Crippen molar-refractivity contribution in [2.75, 3.05) is 4.90 Å². The van der Waals surface area contributed by atoms with Crippen molar-refractivity contribution in [3.8, 4) is 33.6 Å². The summed E-state index contributed by atoms with van der Waals surface area (Å²) in [5, 5.41) is 7.60. The summed E-state index contributed by atoms with van der Waals surface area (Å²) < 4.78 is 4.95. The first kappa shape index (κ1) is 30.1. The van der Waals surface area contributed by atoms with Crippen LogP contribution in [0.1, 0.15) is 0 Å². The third-order valence-corrected chi connectivity index (χ3v) is 11.6. The van der Waals surface area contributed by atoms with Crippen molar-refractivity contribution in [2.24, 2.45) is 0 Å². The van der Waals surface area contributed by atoms with Gasteiger partial charge >= 0.3 is 0 Å². The average molecular weight is 700 g/mol. The van der Waals surface area contributed by atoms with E-state index in [1.165, 1.54) is 76.6 Å². The van der Waals surface area contributed by atoms with E-state index in [9.17, 15) is 0 Å². The first-order valence-corrected chi connectivity index (χ1v) is 19.0. The highest BCUT2D eigenvalue weighted by Crippen LogP contribution is 2.56. The molecule has 0 atom stereocenters. The van der Waals surface area contributed by atoms with Gasteiger partial charge in [-0.05, 0) is 89.5 Å². The minimum atomic E-state index is 1.11. The number of fused-ring (bicyclic) bond motifs is 7. The summed E-state index contributed by atoms with van der Waals surface area (Å²) in [5.41, 5.74) is 15.5. The number of rotatable bonds is 5. The third-order valence-electron chi connectivity index (χ3n) is 11.6. The molecule has 3 nitrogen and oxygen atoms in total. The smallest absolute Gasteiger partial charge is 0.0568 e. The summed E-state index contributed by atoms with van der Waals surface area (Å²) in [6.45, 7) is 0. The van der Waals surface area contributed by atoms with Crippen LogP contribution in [0.2, 0.25) is 0 Å². The lowest BCUT2D eigenvalue weighted by molar-refractivity contribution is 1.18. The molecule has 1 aliphatic carbocycles. The molecule has 0 saturated carbocycles. The Bertz CT molecular complexity index is 3250. The SMILES string of the molecule is c1ccc(N(c2ccccc2)c2cc3c4c5c(c6c7ccccc7n(-c7ccccc7)c6cc25)-c2ccccc2-c2cccc(c24)n3-c2ccccc2)cc1. The van der Waals surface area contributed by atoms with E-state index >= 15 is 0 Å². The van der Waals surface area contributed by atoms with Gasteiger partial charge in [0.25, 0.3) is 0 Å². The second-order valence-electron chi connectivity index (χ2n) is 14.5. The van der Waals surface area contributed by atoms with Gasteiger partial charge in [-0.15, -0.1) is 0 Å². The molecule has 0 spiro atoms. The summed E-state index contributed by atoms with van der Waals surface area (Å²) in [7, 11) is 0. The van der Waals surface area contributed by atoms with E-state index in [1.807, 2.05) is 0 Å². The molecule has 1 aliphatic rings.